The number of piperazine rings is 1. The molecule has 32 heavy (non-hydrogen) atoms. The Morgan fingerprint density at radius 2 is 1.75 bits per heavy atom. The molecule has 1 aromatic rings. The van der Waals surface area contributed by atoms with Crippen LogP contribution in [0.5, 0.6) is 0 Å². The van der Waals surface area contributed by atoms with Gasteiger partial charge >= 0.3 is 0 Å². The van der Waals surface area contributed by atoms with Crippen LogP contribution >= 0.6 is 0 Å². The molecule has 5 nitrogen and oxygen atoms in total. The Balaban J connectivity index is 2.19. The second-order valence-electron chi connectivity index (χ2n) is 8.45. The molecule has 1 heterocycles. The van der Waals surface area contributed by atoms with E-state index in [1.54, 1.807) is 4.90 Å². The van der Waals surface area contributed by atoms with Gasteiger partial charge in [0.15, 0.2) is 17.4 Å². The summed E-state index contributed by atoms with van der Waals surface area (Å²) < 4.78 is 40.5. The molecular formula is C24H32F3N3O2. The lowest BCUT2D eigenvalue weighted by atomic mass is 9.91. The Bertz CT molecular complexity index is 929. The highest BCUT2D eigenvalue weighted by molar-refractivity contribution is 5.94. The van der Waals surface area contributed by atoms with Crippen molar-refractivity contribution in [1.82, 2.24) is 9.80 Å². The maximum Gasteiger partial charge on any atom is 0.224 e. The minimum Gasteiger partial charge on any atom is -0.346 e. The summed E-state index contributed by atoms with van der Waals surface area (Å²) in [7, 11) is 0. The number of halogens is 3. The van der Waals surface area contributed by atoms with Gasteiger partial charge in [-0.05, 0) is 44.2 Å². The first kappa shape index (κ1) is 25.6. The summed E-state index contributed by atoms with van der Waals surface area (Å²) in [5.41, 5.74) is 8.20. The number of nitrogens with zero attached hydrogens (tertiary/aromatic N) is 2. The molecule has 1 saturated heterocycles. The van der Waals surface area contributed by atoms with Gasteiger partial charge in [0.1, 0.15) is 5.82 Å². The third-order valence-electron chi connectivity index (χ3n) is 5.88. The molecule has 1 aliphatic heterocycles. The number of benzene rings is 1. The summed E-state index contributed by atoms with van der Waals surface area (Å²) in [5, 5.41) is 0. The van der Waals surface area contributed by atoms with E-state index in [1.807, 2.05) is 25.7 Å². The van der Waals surface area contributed by atoms with E-state index in [1.165, 1.54) is 6.92 Å². The maximum absolute atomic E-state index is 13.9. The minimum atomic E-state index is -1.27. The molecule has 2 unspecified atom stereocenters. The van der Waals surface area contributed by atoms with E-state index in [-0.39, 0.29) is 42.6 Å². The summed E-state index contributed by atoms with van der Waals surface area (Å²) in [6.07, 6.45) is 0.591. The lowest BCUT2D eigenvalue weighted by molar-refractivity contribution is -0.132. The third-order valence-corrected chi connectivity index (χ3v) is 5.88. The number of ketones is 1. The Hall–Kier alpha value is -2.61. The van der Waals surface area contributed by atoms with Crippen molar-refractivity contribution in [2.75, 3.05) is 19.6 Å². The SMILES string of the molecule is C=C(C)N1CCN(C(=O)CC(N)Cc2cc(F)c(F)cc2F)C/C1=C(\C(C)=O)C(C)CC. The molecule has 1 fully saturated rings. The number of nitrogens with two attached hydrogens (primary N) is 1. The van der Waals surface area contributed by atoms with Crippen LogP contribution in [0, 0.1) is 23.4 Å². The van der Waals surface area contributed by atoms with Gasteiger partial charge in [0.05, 0.1) is 6.54 Å². The van der Waals surface area contributed by atoms with Gasteiger partial charge in [0.2, 0.25) is 5.91 Å². The number of carbonyl (C=O) groups excluding carboxylic acids is 2. The van der Waals surface area contributed by atoms with Crippen molar-refractivity contribution in [3.8, 4) is 0 Å². The van der Waals surface area contributed by atoms with Crippen LogP contribution in [-0.4, -0.2) is 47.2 Å². The quantitative estimate of drug-likeness (QED) is 0.480. The highest BCUT2D eigenvalue weighted by Crippen LogP contribution is 2.28. The van der Waals surface area contributed by atoms with Crippen LogP contribution in [0.3, 0.4) is 0 Å². The van der Waals surface area contributed by atoms with Gasteiger partial charge in [-0.15, -0.1) is 0 Å². The van der Waals surface area contributed by atoms with Crippen molar-refractivity contribution < 1.29 is 22.8 Å². The fraction of sp³-hybridized carbons (Fsp3) is 0.500. The van der Waals surface area contributed by atoms with Crippen molar-refractivity contribution in [2.45, 2.75) is 53.0 Å². The molecule has 0 saturated carbocycles. The highest BCUT2D eigenvalue weighted by atomic mass is 19.2. The monoisotopic (exact) mass is 451 g/mol. The van der Waals surface area contributed by atoms with Gasteiger partial charge in [-0.2, -0.15) is 0 Å². The molecule has 2 rings (SSSR count). The fourth-order valence-electron chi connectivity index (χ4n) is 4.03. The first-order valence-corrected chi connectivity index (χ1v) is 10.8. The van der Waals surface area contributed by atoms with Gasteiger partial charge < -0.3 is 15.5 Å². The Labute approximate surface area is 187 Å². The Kier molecular flexibility index (Phi) is 8.66. The maximum atomic E-state index is 13.9. The van der Waals surface area contributed by atoms with Crippen molar-refractivity contribution in [2.24, 2.45) is 11.7 Å². The zero-order valence-electron chi connectivity index (χ0n) is 19.2. The van der Waals surface area contributed by atoms with Crippen LogP contribution in [-0.2, 0) is 16.0 Å². The van der Waals surface area contributed by atoms with Crippen molar-refractivity contribution in [3.05, 3.63) is 58.7 Å². The molecule has 2 atom stereocenters. The first-order chi connectivity index (χ1) is 15.0. The van der Waals surface area contributed by atoms with Gasteiger partial charge in [0.25, 0.3) is 0 Å². The summed E-state index contributed by atoms with van der Waals surface area (Å²) >= 11 is 0. The average molecular weight is 452 g/mol. The van der Waals surface area contributed by atoms with E-state index < -0.39 is 23.5 Å². The number of rotatable bonds is 8. The second-order valence-corrected chi connectivity index (χ2v) is 8.45. The van der Waals surface area contributed by atoms with E-state index in [0.717, 1.165) is 23.9 Å². The molecule has 8 heteroatoms. The van der Waals surface area contributed by atoms with E-state index in [0.29, 0.717) is 24.7 Å². The van der Waals surface area contributed by atoms with E-state index in [4.69, 9.17) is 5.73 Å². The molecule has 1 amide bonds. The van der Waals surface area contributed by atoms with Crippen LogP contribution in [0.15, 0.2) is 35.7 Å². The summed E-state index contributed by atoms with van der Waals surface area (Å²) in [4.78, 5) is 29.0. The van der Waals surface area contributed by atoms with Crippen LogP contribution in [0.4, 0.5) is 13.2 Å². The normalized spacial score (nSPS) is 17.8. The van der Waals surface area contributed by atoms with Gasteiger partial charge in [-0.1, -0.05) is 20.4 Å². The van der Waals surface area contributed by atoms with Crippen molar-refractivity contribution >= 4 is 11.7 Å². The Morgan fingerprint density at radius 1 is 1.12 bits per heavy atom. The van der Waals surface area contributed by atoms with Gasteiger partial charge in [0, 0.05) is 48.6 Å². The summed E-state index contributed by atoms with van der Waals surface area (Å²) in [5.74, 6) is -3.59. The molecule has 1 aromatic carbocycles. The van der Waals surface area contributed by atoms with Crippen molar-refractivity contribution in [1.29, 1.82) is 0 Å². The predicted octanol–water partition coefficient (Wildman–Crippen LogP) is 3.93. The largest absolute Gasteiger partial charge is 0.346 e. The van der Waals surface area contributed by atoms with E-state index in [2.05, 4.69) is 6.58 Å². The summed E-state index contributed by atoms with van der Waals surface area (Å²) in [6.45, 7) is 12.5. The lowest BCUT2D eigenvalue weighted by Gasteiger charge is -2.40. The molecule has 176 valence electrons. The number of hydrogen-bond acceptors (Lipinski definition) is 4. The number of Topliss-reactive ketones (excluding diaryl/α,β-unsaturated/α-hetero) is 1. The smallest absolute Gasteiger partial charge is 0.224 e. The van der Waals surface area contributed by atoms with Crippen LogP contribution in [0.25, 0.3) is 0 Å². The van der Waals surface area contributed by atoms with Crippen LogP contribution in [0.1, 0.15) is 46.1 Å². The molecular weight excluding hydrogens is 419 g/mol. The topological polar surface area (TPSA) is 66.6 Å². The van der Waals surface area contributed by atoms with Crippen molar-refractivity contribution in [3.63, 3.8) is 0 Å². The van der Waals surface area contributed by atoms with E-state index in [9.17, 15) is 22.8 Å². The molecule has 0 radical (unpaired) electrons. The zero-order valence-corrected chi connectivity index (χ0v) is 19.2. The molecule has 1 aliphatic rings. The van der Waals surface area contributed by atoms with Crippen LogP contribution < -0.4 is 5.73 Å². The predicted molar refractivity (Wildman–Crippen MR) is 118 cm³/mol. The highest BCUT2D eigenvalue weighted by Gasteiger charge is 2.30. The molecule has 0 aliphatic carbocycles. The number of hydrogen-bond donors (Lipinski definition) is 1. The average Bonchev–Trinajstić information content (AvgIpc) is 2.71. The fourth-order valence-corrected chi connectivity index (χ4v) is 4.03. The standard InChI is InChI=1S/C24H32F3N3O2/c1-6-15(4)24(16(5)31)22-13-29(7-8-30(22)14(2)3)23(32)11-18(28)9-17-10-20(26)21(27)12-19(17)25/h10,12,15,18H,2,6-9,11,13,28H2,1,3-5H3/b24-22+. The second kappa shape index (κ2) is 10.8. The van der Waals surface area contributed by atoms with Gasteiger partial charge in [-0.25, -0.2) is 13.2 Å². The number of amides is 1. The number of allylic oxidation sites excluding steroid dienone is 2. The molecule has 0 bridgehead atoms. The van der Waals surface area contributed by atoms with E-state index >= 15 is 0 Å². The number of carbonyl (C=O) groups is 2. The first-order valence-electron chi connectivity index (χ1n) is 10.8. The molecule has 0 spiro atoms. The Morgan fingerprint density at radius 3 is 2.31 bits per heavy atom. The van der Waals surface area contributed by atoms with Gasteiger partial charge in [-0.3, -0.25) is 9.59 Å². The molecule has 0 aromatic heterocycles. The van der Waals surface area contributed by atoms with Crippen LogP contribution in [0.2, 0.25) is 0 Å². The lowest BCUT2D eigenvalue weighted by Crippen LogP contribution is -2.48. The zero-order chi connectivity index (χ0) is 24.2. The molecule has 2 N–H and O–H groups in total. The summed E-state index contributed by atoms with van der Waals surface area (Å²) in [6, 6.07) is 0.480. The third kappa shape index (κ3) is 6.00. The minimum absolute atomic E-state index is 0.0259.